The number of carboxylic acid groups (broad SMARTS) is 1. The Morgan fingerprint density at radius 3 is 2.17 bits per heavy atom. The van der Waals surface area contributed by atoms with Crippen molar-refractivity contribution in [1.82, 2.24) is 5.06 Å². The smallest absolute Gasteiger partial charge is 0.363 e. The van der Waals surface area contributed by atoms with Crippen LogP contribution in [0, 0.1) is 13.8 Å². The van der Waals surface area contributed by atoms with Crippen LogP contribution in [-0.4, -0.2) is 28.8 Å². The molecule has 0 bridgehead atoms. The van der Waals surface area contributed by atoms with Crippen molar-refractivity contribution in [3.8, 4) is 11.1 Å². The van der Waals surface area contributed by atoms with Gasteiger partial charge in [0.15, 0.2) is 0 Å². The molecule has 180 valence electrons. The molecule has 1 fully saturated rings. The van der Waals surface area contributed by atoms with Crippen LogP contribution in [0.15, 0.2) is 54.6 Å². The highest BCUT2D eigenvalue weighted by molar-refractivity contribution is 6.16. The van der Waals surface area contributed by atoms with Gasteiger partial charge in [-0.05, 0) is 54.3 Å². The first-order chi connectivity index (χ1) is 17.2. The molecule has 4 aromatic rings. The SMILES string of the molecule is Cc1cc(C(=O)ON2C(=O)CCC2=O)cc(C)c1-c1cccc2c1c(C(=O)[O-])c1ccccc1[n+]2C. The standard InChI is InChI=1S/C28H22N2O6/c1-15-13-17(28(35)36-30-22(31)11-12-23(30)32)14-16(2)24(15)19-8-6-10-21-25(19)26(27(33)34)18-7-4-5-9-20(18)29(21)3/h4-10,13-14H,11-12H2,1-3H3. The van der Waals surface area contributed by atoms with Crippen LogP contribution in [0.4, 0.5) is 0 Å². The number of aromatic carboxylic acids is 1. The second-order valence-corrected chi connectivity index (χ2v) is 8.88. The van der Waals surface area contributed by atoms with Crippen molar-refractivity contribution >= 4 is 45.6 Å². The van der Waals surface area contributed by atoms with Crippen LogP contribution in [0.3, 0.4) is 0 Å². The number of hydrogen-bond acceptors (Lipinski definition) is 6. The summed E-state index contributed by atoms with van der Waals surface area (Å²) in [5.41, 5.74) is 4.62. The number of hydrogen-bond donors (Lipinski definition) is 0. The molecule has 0 saturated carbocycles. The molecule has 8 nitrogen and oxygen atoms in total. The molecule has 0 unspecified atom stereocenters. The number of carbonyl (C=O) groups excluding carboxylic acids is 4. The van der Waals surface area contributed by atoms with Crippen LogP contribution in [0.1, 0.15) is 44.7 Å². The number of carbonyl (C=O) groups is 4. The number of aromatic nitrogens is 1. The van der Waals surface area contributed by atoms with Gasteiger partial charge in [0.2, 0.25) is 11.0 Å². The van der Waals surface area contributed by atoms with E-state index in [9.17, 15) is 24.3 Å². The third-order valence-electron chi connectivity index (χ3n) is 6.61. The van der Waals surface area contributed by atoms with Crippen LogP contribution in [0.2, 0.25) is 0 Å². The highest BCUT2D eigenvalue weighted by Gasteiger charge is 2.33. The van der Waals surface area contributed by atoms with E-state index in [2.05, 4.69) is 0 Å². The zero-order valence-corrected chi connectivity index (χ0v) is 20.0. The Labute approximate surface area is 206 Å². The van der Waals surface area contributed by atoms with Gasteiger partial charge >= 0.3 is 5.97 Å². The van der Waals surface area contributed by atoms with Crippen molar-refractivity contribution < 1.29 is 33.7 Å². The monoisotopic (exact) mass is 482 g/mol. The van der Waals surface area contributed by atoms with Gasteiger partial charge in [0.1, 0.15) is 7.05 Å². The third-order valence-corrected chi connectivity index (χ3v) is 6.61. The van der Waals surface area contributed by atoms with E-state index in [0.29, 0.717) is 32.5 Å². The highest BCUT2D eigenvalue weighted by Crippen LogP contribution is 2.37. The molecule has 1 saturated heterocycles. The van der Waals surface area contributed by atoms with Crippen molar-refractivity contribution in [3.63, 3.8) is 0 Å². The average Bonchev–Trinajstić information content (AvgIpc) is 3.16. The maximum Gasteiger partial charge on any atom is 0.363 e. The topological polar surface area (TPSA) is 108 Å². The Morgan fingerprint density at radius 2 is 1.53 bits per heavy atom. The van der Waals surface area contributed by atoms with Gasteiger partial charge in [-0.3, -0.25) is 9.59 Å². The molecule has 0 N–H and O–H groups in total. The first kappa shape index (κ1) is 23.2. The fraction of sp³-hybridized carbons (Fsp3) is 0.179. The predicted octanol–water partition coefficient (Wildman–Crippen LogP) is 2.69. The molecule has 0 aliphatic carbocycles. The van der Waals surface area contributed by atoms with E-state index in [4.69, 9.17) is 4.84 Å². The number of pyridine rings is 1. The number of benzene rings is 3. The van der Waals surface area contributed by atoms with E-state index in [0.717, 1.165) is 16.6 Å². The summed E-state index contributed by atoms with van der Waals surface area (Å²) in [6, 6.07) is 16.0. The lowest BCUT2D eigenvalue weighted by Gasteiger charge is -2.18. The lowest BCUT2D eigenvalue weighted by Crippen LogP contribution is -2.33. The second-order valence-electron chi connectivity index (χ2n) is 8.88. The summed E-state index contributed by atoms with van der Waals surface area (Å²) >= 11 is 0. The molecular weight excluding hydrogens is 460 g/mol. The average molecular weight is 482 g/mol. The number of rotatable bonds is 4. The Balaban J connectivity index is 1.69. The van der Waals surface area contributed by atoms with Gasteiger partial charge < -0.3 is 14.7 Å². The Morgan fingerprint density at radius 1 is 0.917 bits per heavy atom. The lowest BCUT2D eigenvalue weighted by atomic mass is 9.88. The van der Waals surface area contributed by atoms with Crippen molar-refractivity contribution in [2.24, 2.45) is 7.05 Å². The molecule has 8 heteroatoms. The molecule has 2 heterocycles. The van der Waals surface area contributed by atoms with Crippen LogP contribution in [0.25, 0.3) is 32.9 Å². The number of amides is 2. The molecule has 0 radical (unpaired) electrons. The Bertz CT molecular complexity index is 1600. The quantitative estimate of drug-likeness (QED) is 0.251. The normalized spacial score (nSPS) is 13.6. The minimum atomic E-state index is -1.28. The van der Waals surface area contributed by atoms with E-state index < -0.39 is 23.8 Å². The molecule has 1 aromatic heterocycles. The lowest BCUT2D eigenvalue weighted by molar-refractivity contribution is -0.617. The van der Waals surface area contributed by atoms with Crippen LogP contribution in [0.5, 0.6) is 0 Å². The third kappa shape index (κ3) is 3.58. The molecule has 3 aromatic carbocycles. The van der Waals surface area contributed by atoms with Gasteiger partial charge in [-0.15, -0.1) is 5.06 Å². The Hall–Kier alpha value is -4.59. The molecule has 0 spiro atoms. The number of nitrogens with zero attached hydrogens (tertiary/aromatic N) is 2. The van der Waals surface area contributed by atoms with Crippen molar-refractivity contribution in [2.75, 3.05) is 0 Å². The molecule has 2 amide bonds. The van der Waals surface area contributed by atoms with E-state index >= 15 is 0 Å². The first-order valence-electron chi connectivity index (χ1n) is 11.4. The second kappa shape index (κ2) is 8.57. The van der Waals surface area contributed by atoms with E-state index in [1.54, 1.807) is 24.3 Å². The highest BCUT2D eigenvalue weighted by atomic mass is 16.7. The largest absolute Gasteiger partial charge is 0.545 e. The summed E-state index contributed by atoms with van der Waals surface area (Å²) in [5.74, 6) is -3.20. The first-order valence-corrected chi connectivity index (χ1v) is 11.4. The van der Waals surface area contributed by atoms with Gasteiger partial charge in [-0.1, -0.05) is 24.3 Å². The maximum absolute atomic E-state index is 12.7. The summed E-state index contributed by atoms with van der Waals surface area (Å²) in [6.07, 6.45) is 0.0220. The zero-order valence-electron chi connectivity index (χ0n) is 20.0. The number of fused-ring (bicyclic) bond motifs is 2. The van der Waals surface area contributed by atoms with Gasteiger partial charge in [-0.2, -0.15) is 4.57 Å². The maximum atomic E-state index is 12.7. The predicted molar refractivity (Wildman–Crippen MR) is 128 cm³/mol. The summed E-state index contributed by atoms with van der Waals surface area (Å²) < 4.78 is 1.95. The van der Waals surface area contributed by atoms with Crippen molar-refractivity contribution in [1.29, 1.82) is 0 Å². The fourth-order valence-electron chi connectivity index (χ4n) is 5.04. The van der Waals surface area contributed by atoms with Crippen molar-refractivity contribution in [2.45, 2.75) is 26.7 Å². The van der Waals surface area contributed by atoms with E-state index in [-0.39, 0.29) is 24.0 Å². The molecule has 1 aliphatic heterocycles. The Kier molecular flexibility index (Phi) is 5.51. The summed E-state index contributed by atoms with van der Waals surface area (Å²) in [6.45, 7) is 3.62. The summed E-state index contributed by atoms with van der Waals surface area (Å²) in [5, 5.41) is 14.0. The van der Waals surface area contributed by atoms with Gasteiger partial charge in [0, 0.05) is 30.5 Å². The fourth-order valence-corrected chi connectivity index (χ4v) is 5.04. The van der Waals surface area contributed by atoms with Crippen LogP contribution >= 0.6 is 0 Å². The minimum absolute atomic E-state index is 0.0110. The number of imide groups is 1. The zero-order chi connectivity index (χ0) is 25.7. The van der Waals surface area contributed by atoms with Crippen LogP contribution < -0.4 is 9.67 Å². The minimum Gasteiger partial charge on any atom is -0.545 e. The molecule has 0 atom stereocenters. The van der Waals surface area contributed by atoms with Gasteiger partial charge in [-0.25, -0.2) is 4.79 Å². The van der Waals surface area contributed by atoms with Crippen LogP contribution in [-0.2, 0) is 21.5 Å². The van der Waals surface area contributed by atoms with E-state index in [1.807, 2.05) is 55.8 Å². The summed E-state index contributed by atoms with van der Waals surface area (Å²) in [7, 11) is 1.88. The molecule has 5 rings (SSSR count). The van der Waals surface area contributed by atoms with Gasteiger partial charge in [0.05, 0.1) is 22.3 Å². The van der Waals surface area contributed by atoms with Gasteiger partial charge in [0.25, 0.3) is 11.8 Å². The summed E-state index contributed by atoms with van der Waals surface area (Å²) in [4.78, 5) is 53.9. The number of para-hydroxylation sites is 1. The number of hydroxylamine groups is 2. The molecule has 36 heavy (non-hydrogen) atoms. The van der Waals surface area contributed by atoms with E-state index in [1.165, 1.54) is 0 Å². The molecular formula is C28H22N2O6. The van der Waals surface area contributed by atoms with Crippen molar-refractivity contribution in [3.05, 3.63) is 76.9 Å². The number of aryl methyl sites for hydroxylation is 3. The molecule has 1 aliphatic rings. The number of carboxylic acids is 1.